The molecule has 0 amide bonds. The highest BCUT2D eigenvalue weighted by Gasteiger charge is 2.31. The van der Waals surface area contributed by atoms with E-state index in [1.165, 1.54) is 12.1 Å². The van der Waals surface area contributed by atoms with Crippen LogP contribution in [0.1, 0.15) is 36.5 Å². The lowest BCUT2D eigenvalue weighted by Gasteiger charge is -2.34. The molecular formula is C14H16F2O2. The van der Waals surface area contributed by atoms with Gasteiger partial charge in [0, 0.05) is 13.0 Å². The van der Waals surface area contributed by atoms with E-state index in [1.54, 1.807) is 0 Å². The summed E-state index contributed by atoms with van der Waals surface area (Å²) in [6, 6.07) is 3.70. The van der Waals surface area contributed by atoms with E-state index in [9.17, 15) is 13.6 Å². The Morgan fingerprint density at radius 3 is 2.78 bits per heavy atom. The first-order valence-corrected chi connectivity index (χ1v) is 6.20. The molecular weight excluding hydrogens is 238 g/mol. The Kier molecular flexibility index (Phi) is 4.07. The minimum atomic E-state index is -1.04. The Hall–Kier alpha value is -1.29. The zero-order valence-electron chi connectivity index (χ0n) is 10.3. The molecule has 18 heavy (non-hydrogen) atoms. The molecule has 0 radical (unpaired) electrons. The van der Waals surface area contributed by atoms with Crippen molar-refractivity contribution in [1.82, 2.24) is 0 Å². The predicted octanol–water partition coefficient (Wildman–Crippen LogP) is 3.35. The number of ketones is 1. The number of hydrogen-bond donors (Lipinski definition) is 0. The van der Waals surface area contributed by atoms with Crippen LogP contribution in [0.2, 0.25) is 0 Å². The molecule has 1 aromatic rings. The fourth-order valence-corrected chi connectivity index (χ4v) is 2.30. The van der Waals surface area contributed by atoms with Gasteiger partial charge >= 0.3 is 0 Å². The van der Waals surface area contributed by atoms with E-state index >= 15 is 0 Å². The molecule has 0 aliphatic heterocycles. The van der Waals surface area contributed by atoms with E-state index in [0.717, 1.165) is 18.9 Å². The molecule has 0 heterocycles. The van der Waals surface area contributed by atoms with Crippen LogP contribution in [0.3, 0.4) is 0 Å². The van der Waals surface area contributed by atoms with Gasteiger partial charge in [-0.3, -0.25) is 4.79 Å². The van der Waals surface area contributed by atoms with Crippen molar-refractivity contribution >= 4 is 5.78 Å². The van der Waals surface area contributed by atoms with Crippen LogP contribution in [-0.4, -0.2) is 18.5 Å². The number of carbonyl (C=O) groups is 1. The van der Waals surface area contributed by atoms with Crippen molar-refractivity contribution in [3.63, 3.8) is 0 Å². The number of rotatable bonds is 5. The molecule has 98 valence electrons. The molecule has 2 nitrogen and oxygen atoms in total. The van der Waals surface area contributed by atoms with Crippen LogP contribution in [0.25, 0.3) is 0 Å². The third-order valence-corrected chi connectivity index (χ3v) is 3.32. The smallest absolute Gasteiger partial charge is 0.169 e. The van der Waals surface area contributed by atoms with Crippen molar-refractivity contribution in [2.75, 3.05) is 6.61 Å². The van der Waals surface area contributed by atoms with Gasteiger partial charge in [0.05, 0.1) is 11.7 Å². The molecule has 0 N–H and O–H groups in total. The van der Waals surface area contributed by atoms with Crippen LogP contribution in [0.5, 0.6) is 0 Å². The second-order valence-corrected chi connectivity index (χ2v) is 4.64. The minimum absolute atomic E-state index is 0.144. The summed E-state index contributed by atoms with van der Waals surface area (Å²) < 4.78 is 31.8. The minimum Gasteiger partial charge on any atom is -0.378 e. The Morgan fingerprint density at radius 1 is 1.39 bits per heavy atom. The molecule has 0 unspecified atom stereocenters. The topological polar surface area (TPSA) is 26.3 Å². The largest absolute Gasteiger partial charge is 0.378 e. The quantitative estimate of drug-likeness (QED) is 0.753. The summed E-state index contributed by atoms with van der Waals surface area (Å²) in [6.07, 6.45) is 2.15. The van der Waals surface area contributed by atoms with Crippen molar-refractivity contribution < 1.29 is 18.3 Å². The zero-order valence-corrected chi connectivity index (χ0v) is 10.3. The average molecular weight is 254 g/mol. The molecule has 0 atom stereocenters. The third kappa shape index (κ3) is 2.75. The van der Waals surface area contributed by atoms with E-state index in [2.05, 4.69) is 0 Å². The molecule has 0 aromatic heterocycles. The van der Waals surface area contributed by atoms with Gasteiger partial charge in [-0.2, -0.15) is 0 Å². The summed E-state index contributed by atoms with van der Waals surface area (Å²) in [5.41, 5.74) is -0.144. The molecule has 1 fully saturated rings. The molecule has 1 saturated carbocycles. The first kappa shape index (κ1) is 13.1. The van der Waals surface area contributed by atoms with Crippen LogP contribution in [0.4, 0.5) is 8.78 Å². The van der Waals surface area contributed by atoms with Crippen molar-refractivity contribution in [3.05, 3.63) is 35.4 Å². The lowest BCUT2D eigenvalue weighted by molar-refractivity contribution is -0.0246. The van der Waals surface area contributed by atoms with Crippen molar-refractivity contribution in [1.29, 1.82) is 0 Å². The Bertz CT molecular complexity index is 439. The molecule has 1 aliphatic carbocycles. The molecule has 4 heteroatoms. The number of halogens is 2. The molecule has 0 bridgehead atoms. The van der Waals surface area contributed by atoms with Crippen LogP contribution in [0.15, 0.2) is 18.2 Å². The number of ether oxygens (including phenoxy) is 1. The van der Waals surface area contributed by atoms with Gasteiger partial charge in [0.1, 0.15) is 0 Å². The molecule has 2 rings (SSSR count). The van der Waals surface area contributed by atoms with E-state index in [4.69, 9.17) is 4.74 Å². The average Bonchev–Trinajstić information content (AvgIpc) is 2.30. The van der Waals surface area contributed by atoms with Crippen LogP contribution in [-0.2, 0) is 4.74 Å². The van der Waals surface area contributed by atoms with E-state index < -0.39 is 11.6 Å². The highest BCUT2D eigenvalue weighted by Crippen LogP contribution is 2.33. The monoisotopic (exact) mass is 254 g/mol. The lowest BCUT2D eigenvalue weighted by Crippen LogP contribution is -2.32. The molecule has 0 saturated heterocycles. The summed E-state index contributed by atoms with van der Waals surface area (Å²) in [6.45, 7) is 2.60. The highest BCUT2D eigenvalue weighted by molar-refractivity contribution is 5.96. The normalized spacial score (nSPS) is 22.6. The van der Waals surface area contributed by atoms with Gasteiger partial charge in [-0.1, -0.05) is 6.07 Å². The van der Waals surface area contributed by atoms with Gasteiger partial charge in [0.25, 0.3) is 0 Å². The second-order valence-electron chi connectivity index (χ2n) is 4.64. The maximum atomic E-state index is 13.4. The van der Waals surface area contributed by atoms with Gasteiger partial charge in [-0.15, -0.1) is 0 Å². The standard InChI is InChI=1S/C14H16F2O2/c1-2-18-10-6-9(7-10)8-13(17)11-4-3-5-12(15)14(11)16/h3-5,9-10H,2,6-8H2,1H3. The van der Waals surface area contributed by atoms with E-state index in [0.29, 0.717) is 6.61 Å². The number of hydrogen-bond acceptors (Lipinski definition) is 2. The molecule has 1 aromatic carbocycles. The highest BCUT2D eigenvalue weighted by atomic mass is 19.2. The fourth-order valence-electron chi connectivity index (χ4n) is 2.30. The van der Waals surface area contributed by atoms with Crippen LogP contribution >= 0.6 is 0 Å². The number of Topliss-reactive ketones (excluding diaryl/α,β-unsaturated/α-hetero) is 1. The van der Waals surface area contributed by atoms with Gasteiger partial charge in [-0.05, 0) is 37.8 Å². The Morgan fingerprint density at radius 2 is 2.11 bits per heavy atom. The Labute approximate surface area is 105 Å². The third-order valence-electron chi connectivity index (χ3n) is 3.32. The summed E-state index contributed by atoms with van der Waals surface area (Å²) in [5.74, 6) is -2.10. The summed E-state index contributed by atoms with van der Waals surface area (Å²) in [5, 5.41) is 0. The van der Waals surface area contributed by atoms with Crippen molar-refractivity contribution in [3.8, 4) is 0 Å². The second kappa shape index (κ2) is 5.57. The molecule has 1 aliphatic rings. The van der Waals surface area contributed by atoms with Gasteiger partial charge in [0.2, 0.25) is 0 Å². The maximum Gasteiger partial charge on any atom is 0.169 e. The summed E-state index contributed by atoms with van der Waals surface area (Å²) in [7, 11) is 0. The van der Waals surface area contributed by atoms with Gasteiger partial charge in [0.15, 0.2) is 17.4 Å². The van der Waals surface area contributed by atoms with Crippen LogP contribution in [0, 0.1) is 17.6 Å². The van der Waals surface area contributed by atoms with Crippen LogP contribution < -0.4 is 0 Å². The lowest BCUT2D eigenvalue weighted by atomic mass is 9.78. The van der Waals surface area contributed by atoms with Gasteiger partial charge in [-0.25, -0.2) is 8.78 Å². The van der Waals surface area contributed by atoms with Gasteiger partial charge < -0.3 is 4.74 Å². The molecule has 0 spiro atoms. The Balaban J connectivity index is 1.91. The fraction of sp³-hybridized carbons (Fsp3) is 0.500. The van der Waals surface area contributed by atoms with E-state index in [-0.39, 0.29) is 29.8 Å². The van der Waals surface area contributed by atoms with E-state index in [1.807, 2.05) is 6.92 Å². The predicted molar refractivity (Wildman–Crippen MR) is 63.4 cm³/mol. The summed E-state index contributed by atoms with van der Waals surface area (Å²) in [4.78, 5) is 11.8. The van der Waals surface area contributed by atoms with Crippen molar-refractivity contribution in [2.24, 2.45) is 5.92 Å². The SMILES string of the molecule is CCOC1CC(CC(=O)c2cccc(F)c2F)C1. The van der Waals surface area contributed by atoms with Crippen molar-refractivity contribution in [2.45, 2.75) is 32.3 Å². The zero-order chi connectivity index (χ0) is 13.1. The number of benzene rings is 1. The summed E-state index contributed by atoms with van der Waals surface area (Å²) >= 11 is 0. The first-order chi connectivity index (χ1) is 8.61. The maximum absolute atomic E-state index is 13.4. The first-order valence-electron chi connectivity index (χ1n) is 6.20. The number of carbonyl (C=O) groups excluding carboxylic acids is 1.